The van der Waals surface area contributed by atoms with E-state index in [1.807, 2.05) is 4.90 Å². The Kier molecular flexibility index (Phi) is 6.09. The van der Waals surface area contributed by atoms with Gasteiger partial charge in [0, 0.05) is 31.9 Å². The summed E-state index contributed by atoms with van der Waals surface area (Å²) >= 11 is 0. The summed E-state index contributed by atoms with van der Waals surface area (Å²) < 4.78 is 29.0. The predicted octanol–water partition coefficient (Wildman–Crippen LogP) is 2.12. The Hall–Kier alpha value is -1.72. The Balaban J connectivity index is 1.42. The molecule has 1 aromatic heterocycles. The van der Waals surface area contributed by atoms with Crippen molar-refractivity contribution < 1.29 is 13.2 Å². The van der Waals surface area contributed by atoms with E-state index in [2.05, 4.69) is 16.2 Å². The maximum absolute atomic E-state index is 11.5. The number of likely N-dealkylation sites (tertiary alicyclic amines) is 1. The summed E-state index contributed by atoms with van der Waals surface area (Å²) in [6, 6.07) is 0. The third kappa shape index (κ3) is 4.92. The van der Waals surface area contributed by atoms with Crippen molar-refractivity contribution in [1.29, 1.82) is 5.26 Å². The van der Waals surface area contributed by atoms with E-state index in [-0.39, 0.29) is 5.03 Å². The molecule has 0 unspecified atom stereocenters. The second kappa shape index (κ2) is 8.31. The molecule has 0 bridgehead atoms. The molecule has 1 aliphatic heterocycles. The Morgan fingerprint density at radius 2 is 1.85 bits per heavy atom. The second-order valence-electron chi connectivity index (χ2n) is 7.39. The Labute approximate surface area is 155 Å². The lowest BCUT2D eigenvalue weighted by Crippen LogP contribution is -2.33. The molecule has 0 spiro atoms. The van der Waals surface area contributed by atoms with Crippen LogP contribution in [0.5, 0.6) is 0 Å². The van der Waals surface area contributed by atoms with Crippen LogP contribution in [0.2, 0.25) is 0 Å². The lowest BCUT2D eigenvalue weighted by molar-refractivity contribution is -0.00489. The van der Waals surface area contributed by atoms with Crippen molar-refractivity contribution >= 4 is 9.84 Å². The van der Waals surface area contributed by atoms with Crippen molar-refractivity contribution in [3.05, 3.63) is 18.1 Å². The van der Waals surface area contributed by atoms with E-state index >= 15 is 0 Å². The van der Waals surface area contributed by atoms with E-state index in [0.29, 0.717) is 17.9 Å². The summed E-state index contributed by atoms with van der Waals surface area (Å²) in [6.07, 6.45) is 12.7. The second-order valence-corrected chi connectivity index (χ2v) is 9.35. The molecule has 0 radical (unpaired) electrons. The minimum atomic E-state index is -3.30. The van der Waals surface area contributed by atoms with E-state index in [1.165, 1.54) is 6.20 Å². The monoisotopic (exact) mass is 378 g/mol. The zero-order valence-corrected chi connectivity index (χ0v) is 16.0. The van der Waals surface area contributed by atoms with Crippen LogP contribution in [0.3, 0.4) is 0 Å². The van der Waals surface area contributed by atoms with Gasteiger partial charge in [-0.25, -0.2) is 13.4 Å². The first-order chi connectivity index (χ1) is 12.5. The van der Waals surface area contributed by atoms with Gasteiger partial charge in [-0.1, -0.05) is 0 Å². The van der Waals surface area contributed by atoms with E-state index in [0.717, 1.165) is 70.2 Å². The number of hydrogen-bond donors (Lipinski definition) is 0. The van der Waals surface area contributed by atoms with Gasteiger partial charge in [0.2, 0.25) is 0 Å². The SMILES string of the molecule is CS(=O)(=O)c1cnc(C2CCC(OCC3CCN(C#N)CC3)CC2)cn1. The maximum Gasteiger partial charge on any atom is 0.194 e. The molecule has 1 aromatic rings. The Morgan fingerprint density at radius 3 is 2.38 bits per heavy atom. The highest BCUT2D eigenvalue weighted by Gasteiger charge is 2.26. The van der Waals surface area contributed by atoms with E-state index in [1.54, 1.807) is 6.20 Å². The third-order valence-electron chi connectivity index (χ3n) is 5.44. The van der Waals surface area contributed by atoms with Gasteiger partial charge in [-0.15, -0.1) is 0 Å². The van der Waals surface area contributed by atoms with Crippen molar-refractivity contribution in [2.24, 2.45) is 5.92 Å². The van der Waals surface area contributed by atoms with Gasteiger partial charge in [-0.05, 0) is 44.4 Å². The van der Waals surface area contributed by atoms with E-state index in [4.69, 9.17) is 10.00 Å². The average molecular weight is 378 g/mol. The number of nitriles is 1. The molecule has 0 atom stereocenters. The molecule has 2 heterocycles. The van der Waals surface area contributed by atoms with Gasteiger partial charge in [-0.3, -0.25) is 4.98 Å². The van der Waals surface area contributed by atoms with Crippen LogP contribution in [0.15, 0.2) is 17.4 Å². The zero-order valence-electron chi connectivity index (χ0n) is 15.2. The van der Waals surface area contributed by atoms with Crippen LogP contribution in [0, 0.1) is 17.4 Å². The van der Waals surface area contributed by atoms with E-state index < -0.39 is 9.84 Å². The molecular formula is C18H26N4O3S. The first-order valence-corrected chi connectivity index (χ1v) is 11.1. The van der Waals surface area contributed by atoms with E-state index in [9.17, 15) is 8.42 Å². The Morgan fingerprint density at radius 1 is 1.15 bits per heavy atom. The third-order valence-corrected chi connectivity index (χ3v) is 6.41. The standard InChI is InChI=1S/C18H26N4O3S/c1-26(23,24)18-11-20-17(10-21-18)15-2-4-16(5-3-15)25-12-14-6-8-22(13-19)9-7-14/h10-11,14-16H,2-9,12H2,1H3. The molecule has 7 nitrogen and oxygen atoms in total. The van der Waals surface area contributed by atoms with Gasteiger partial charge in [0.15, 0.2) is 21.1 Å². The Bertz CT molecular complexity index is 729. The van der Waals surface area contributed by atoms with Crippen LogP contribution < -0.4 is 0 Å². The molecule has 0 amide bonds. The molecule has 1 aliphatic carbocycles. The van der Waals surface area contributed by atoms with Crippen LogP contribution in [0.4, 0.5) is 0 Å². The van der Waals surface area contributed by atoms with Crippen molar-refractivity contribution in [2.45, 2.75) is 55.6 Å². The number of nitrogens with zero attached hydrogens (tertiary/aromatic N) is 4. The van der Waals surface area contributed by atoms with Crippen molar-refractivity contribution in [1.82, 2.24) is 14.9 Å². The lowest BCUT2D eigenvalue weighted by atomic mass is 9.85. The number of piperidine rings is 1. The molecule has 142 valence electrons. The molecule has 8 heteroatoms. The largest absolute Gasteiger partial charge is 0.378 e. The molecular weight excluding hydrogens is 352 g/mol. The van der Waals surface area contributed by atoms with Gasteiger partial charge in [0.05, 0.1) is 24.2 Å². The van der Waals surface area contributed by atoms with Crippen LogP contribution in [-0.4, -0.2) is 55.3 Å². The molecule has 2 fully saturated rings. The smallest absolute Gasteiger partial charge is 0.194 e. The highest BCUT2D eigenvalue weighted by Crippen LogP contribution is 2.33. The summed E-state index contributed by atoms with van der Waals surface area (Å²) in [4.78, 5) is 10.2. The first-order valence-electron chi connectivity index (χ1n) is 9.24. The zero-order chi connectivity index (χ0) is 18.6. The van der Waals surface area contributed by atoms with Crippen LogP contribution in [0.1, 0.15) is 50.1 Å². The quantitative estimate of drug-likeness (QED) is 0.724. The molecule has 1 saturated carbocycles. The number of hydrogen-bond acceptors (Lipinski definition) is 7. The minimum absolute atomic E-state index is 0.0284. The number of rotatable bonds is 5. The van der Waals surface area contributed by atoms with Gasteiger partial charge in [0.1, 0.15) is 0 Å². The average Bonchev–Trinajstić information content (AvgIpc) is 2.66. The van der Waals surface area contributed by atoms with Crippen LogP contribution >= 0.6 is 0 Å². The van der Waals surface area contributed by atoms with Crippen LogP contribution in [-0.2, 0) is 14.6 Å². The van der Waals surface area contributed by atoms with Crippen molar-refractivity contribution in [2.75, 3.05) is 26.0 Å². The molecule has 2 aliphatic rings. The van der Waals surface area contributed by atoms with Crippen molar-refractivity contribution in [3.63, 3.8) is 0 Å². The summed E-state index contributed by atoms with van der Waals surface area (Å²) in [7, 11) is -3.30. The fraction of sp³-hybridized carbons (Fsp3) is 0.722. The van der Waals surface area contributed by atoms with Crippen molar-refractivity contribution in [3.8, 4) is 6.19 Å². The fourth-order valence-electron chi connectivity index (χ4n) is 3.73. The highest BCUT2D eigenvalue weighted by atomic mass is 32.2. The number of ether oxygens (including phenoxy) is 1. The maximum atomic E-state index is 11.5. The van der Waals surface area contributed by atoms with Gasteiger partial charge < -0.3 is 9.64 Å². The molecule has 26 heavy (non-hydrogen) atoms. The number of sulfone groups is 1. The lowest BCUT2D eigenvalue weighted by Gasteiger charge is -2.32. The molecule has 1 saturated heterocycles. The summed E-state index contributed by atoms with van der Waals surface area (Å²) in [5.41, 5.74) is 0.875. The van der Waals surface area contributed by atoms with Gasteiger partial charge >= 0.3 is 0 Å². The van der Waals surface area contributed by atoms with Gasteiger partial charge in [-0.2, -0.15) is 5.26 Å². The topological polar surface area (TPSA) is 96.2 Å². The normalized spacial score (nSPS) is 25.0. The fourth-order valence-corrected chi connectivity index (χ4v) is 4.21. The van der Waals surface area contributed by atoms with Gasteiger partial charge in [0.25, 0.3) is 0 Å². The summed E-state index contributed by atoms with van der Waals surface area (Å²) in [5.74, 6) is 0.890. The first kappa shape index (κ1) is 19.1. The van der Waals surface area contributed by atoms with Crippen LogP contribution in [0.25, 0.3) is 0 Å². The summed E-state index contributed by atoms with van der Waals surface area (Å²) in [5, 5.41) is 8.92. The number of aromatic nitrogens is 2. The molecule has 0 aromatic carbocycles. The predicted molar refractivity (Wildman–Crippen MR) is 96.0 cm³/mol. The summed E-state index contributed by atoms with van der Waals surface area (Å²) in [6.45, 7) is 2.48. The highest BCUT2D eigenvalue weighted by molar-refractivity contribution is 7.90. The molecule has 0 N–H and O–H groups in total. The molecule has 3 rings (SSSR count). The minimum Gasteiger partial charge on any atom is -0.378 e.